The zero-order valence-electron chi connectivity index (χ0n) is 14.7. The number of rotatable bonds is 2. The van der Waals surface area contributed by atoms with Crippen molar-refractivity contribution >= 4 is 27.8 Å². The first-order valence-corrected chi connectivity index (χ1v) is 18.2. The average Bonchev–Trinajstić information content (AvgIpc) is 2.09. The molecule has 19 heavy (non-hydrogen) atoms. The van der Waals surface area contributed by atoms with E-state index in [9.17, 15) is 9.46 Å². The largest absolute Gasteiger partial charge is 0.629 e. The Morgan fingerprint density at radius 1 is 0.895 bits per heavy atom. The second kappa shape index (κ2) is 5.40. The highest BCUT2D eigenvalue weighted by atomic mass is 32.3. The lowest BCUT2D eigenvalue weighted by Crippen LogP contribution is -2.29. The van der Waals surface area contributed by atoms with Crippen molar-refractivity contribution < 1.29 is 9.46 Å². The Morgan fingerprint density at radius 2 is 1.16 bits per heavy atom. The van der Waals surface area contributed by atoms with Gasteiger partial charge in [-0.3, -0.25) is 4.57 Å². The summed E-state index contributed by atoms with van der Waals surface area (Å²) in [6.45, 7) is 20.3. The molecule has 0 aromatic heterocycles. The van der Waals surface area contributed by atoms with Gasteiger partial charge in [-0.1, -0.05) is 19.6 Å². The van der Waals surface area contributed by atoms with Gasteiger partial charge in [0.25, 0.3) is 6.83 Å². The summed E-state index contributed by atoms with van der Waals surface area (Å²) in [6, 6.07) is 0. The van der Waals surface area contributed by atoms with Crippen LogP contribution in [0.2, 0.25) is 19.6 Å². The molecule has 0 aromatic carbocycles. The third kappa shape index (κ3) is 3.49. The van der Waals surface area contributed by atoms with Crippen LogP contribution in [0.25, 0.3) is 0 Å². The predicted octanol–water partition coefficient (Wildman–Crippen LogP) is 5.65. The molecule has 1 atom stereocenters. The van der Waals surface area contributed by atoms with Gasteiger partial charge >= 0.3 is 0 Å². The van der Waals surface area contributed by atoms with Gasteiger partial charge in [0, 0.05) is 6.10 Å². The number of hydrogen-bond acceptors (Lipinski definition) is 2. The van der Waals surface area contributed by atoms with Crippen LogP contribution in [0.5, 0.6) is 0 Å². The molecule has 0 amide bonds. The molecule has 116 valence electrons. The average molecular weight is 342 g/mol. The summed E-state index contributed by atoms with van der Waals surface area (Å²) in [6.07, 6.45) is -1.65. The summed E-state index contributed by atoms with van der Waals surface area (Å²) in [5.74, 6) is 0. The van der Waals surface area contributed by atoms with Crippen LogP contribution in [0.4, 0.5) is 0 Å². The molecule has 0 rings (SSSR count). The van der Waals surface area contributed by atoms with Crippen LogP contribution in [0.3, 0.4) is 0 Å². The molecular formula is C13H33O2P3Si. The SMILES string of the molecule is CC(C)(C)P(=O)([P+]([O-])=P(C)(C)[Si](C)(C)C)C(C)(C)C. The molecule has 0 aliphatic heterocycles. The quantitative estimate of drug-likeness (QED) is 0.481. The zero-order chi connectivity index (χ0) is 16.1. The molecule has 0 N–H and O–H groups in total. The van der Waals surface area contributed by atoms with Crippen LogP contribution in [0.1, 0.15) is 41.5 Å². The maximum Gasteiger partial charge on any atom is 0.264 e. The maximum atomic E-state index is 13.8. The molecule has 0 radical (unpaired) electrons. The fraction of sp³-hybridized carbons (Fsp3) is 1.00. The lowest BCUT2D eigenvalue weighted by molar-refractivity contribution is -0.147. The normalized spacial score (nSPS) is 16.5. The topological polar surface area (TPSA) is 40.1 Å². The molecule has 0 spiro atoms. The fourth-order valence-corrected chi connectivity index (χ4v) is 38.5. The first kappa shape index (κ1) is 20.1. The smallest absolute Gasteiger partial charge is 0.264 e. The van der Waals surface area contributed by atoms with Gasteiger partial charge in [-0.15, -0.1) is 0 Å². The van der Waals surface area contributed by atoms with Gasteiger partial charge in [-0.05, 0) is 54.9 Å². The molecule has 0 aromatic rings. The fourth-order valence-electron chi connectivity index (χ4n) is 2.09. The van der Waals surface area contributed by atoms with Gasteiger partial charge in [0.15, 0.2) is 0 Å². The standard InChI is InChI=1S/C13H33O2P3Si/c1-12(2,3)18(15,13(4,5)6)16(14)17(7,8)19(9,10)11/h1-11H3. The maximum absolute atomic E-state index is 13.8. The minimum atomic E-state index is -2.80. The van der Waals surface area contributed by atoms with Crippen molar-refractivity contribution in [1.82, 2.24) is 0 Å². The Bertz CT molecular complexity index is 424. The second-order valence-corrected chi connectivity index (χ2v) is 36.5. The van der Waals surface area contributed by atoms with Crippen molar-refractivity contribution in [2.24, 2.45) is 0 Å². The van der Waals surface area contributed by atoms with E-state index >= 15 is 0 Å². The molecule has 0 aliphatic carbocycles. The third-order valence-electron chi connectivity index (χ3n) is 4.13. The van der Waals surface area contributed by atoms with E-state index in [0.717, 1.165) is 0 Å². The Balaban J connectivity index is 6.61. The van der Waals surface area contributed by atoms with Gasteiger partial charge in [0.2, 0.25) is 0 Å². The molecule has 0 heterocycles. The van der Waals surface area contributed by atoms with Crippen LogP contribution in [-0.4, -0.2) is 31.4 Å². The first-order valence-electron chi connectivity index (χ1n) is 6.83. The van der Waals surface area contributed by atoms with E-state index in [1.54, 1.807) is 0 Å². The zero-order valence-corrected chi connectivity index (χ0v) is 18.3. The highest BCUT2D eigenvalue weighted by Crippen LogP contribution is 2.88. The Labute approximate surface area is 122 Å². The Hall–Kier alpha value is 1.14. The summed E-state index contributed by atoms with van der Waals surface area (Å²) >= 11 is 0. The van der Waals surface area contributed by atoms with Crippen molar-refractivity contribution in [3.8, 4) is 0 Å². The minimum Gasteiger partial charge on any atom is -0.629 e. The van der Waals surface area contributed by atoms with Crippen molar-refractivity contribution in [3.05, 3.63) is 0 Å². The lowest BCUT2D eigenvalue weighted by Gasteiger charge is -2.41. The summed E-state index contributed by atoms with van der Waals surface area (Å²) in [4.78, 5) is 13.4. The molecule has 0 aliphatic rings. The molecule has 0 fully saturated rings. The van der Waals surface area contributed by atoms with Crippen LogP contribution < -0.4 is 4.89 Å². The highest BCUT2D eigenvalue weighted by Gasteiger charge is 2.56. The summed E-state index contributed by atoms with van der Waals surface area (Å²) in [5, 5.41) is -0.786. The lowest BCUT2D eigenvalue weighted by atomic mass is 10.2. The van der Waals surface area contributed by atoms with E-state index in [2.05, 4.69) is 33.0 Å². The van der Waals surface area contributed by atoms with Crippen molar-refractivity contribution in [2.75, 3.05) is 13.3 Å². The molecule has 1 unspecified atom stereocenters. The summed E-state index contributed by atoms with van der Waals surface area (Å²) < 4.78 is 13.8. The van der Waals surface area contributed by atoms with Gasteiger partial charge in [0.1, 0.15) is 7.74 Å². The highest BCUT2D eigenvalue weighted by molar-refractivity contribution is 8.52. The molecule has 0 bridgehead atoms. The van der Waals surface area contributed by atoms with Gasteiger partial charge in [0.05, 0.1) is 17.4 Å². The minimum absolute atomic E-state index is 0.393. The van der Waals surface area contributed by atoms with Crippen LogP contribution in [0.15, 0.2) is 0 Å². The summed E-state index contributed by atoms with van der Waals surface area (Å²) in [5.41, 5.74) is 0. The van der Waals surface area contributed by atoms with Gasteiger partial charge < -0.3 is 4.89 Å². The molecular weight excluding hydrogens is 309 g/mol. The Morgan fingerprint density at radius 3 is 1.32 bits per heavy atom. The van der Waals surface area contributed by atoms with E-state index in [4.69, 9.17) is 0 Å². The molecule has 2 nitrogen and oxygen atoms in total. The van der Waals surface area contributed by atoms with E-state index < -0.39 is 38.1 Å². The molecule has 0 saturated carbocycles. The van der Waals surface area contributed by atoms with Crippen LogP contribution in [-0.2, 0) is 4.57 Å². The van der Waals surface area contributed by atoms with E-state index in [1.165, 1.54) is 0 Å². The third-order valence-corrected chi connectivity index (χ3v) is 44.7. The summed E-state index contributed by atoms with van der Waals surface area (Å²) in [7, 11) is -3.22. The second-order valence-electron chi connectivity index (χ2n) is 8.74. The van der Waals surface area contributed by atoms with Crippen LogP contribution in [0, 0.1) is 0 Å². The van der Waals surface area contributed by atoms with E-state index in [0.29, 0.717) is 0 Å². The molecule has 0 saturated heterocycles. The Kier molecular flexibility index (Phi) is 5.73. The van der Waals surface area contributed by atoms with Gasteiger partial charge in [-0.2, -0.15) is 0 Å². The number of hydrogen-bond donors (Lipinski definition) is 0. The first-order chi connectivity index (χ1) is 7.90. The predicted molar refractivity (Wildman–Crippen MR) is 96.1 cm³/mol. The van der Waals surface area contributed by atoms with E-state index in [1.807, 2.05) is 41.5 Å². The van der Waals surface area contributed by atoms with E-state index in [-0.39, 0.29) is 0 Å². The van der Waals surface area contributed by atoms with Crippen molar-refractivity contribution in [2.45, 2.75) is 71.5 Å². The van der Waals surface area contributed by atoms with Gasteiger partial charge in [-0.25, -0.2) is 0 Å². The van der Waals surface area contributed by atoms with Crippen molar-refractivity contribution in [3.63, 3.8) is 0 Å². The molecule has 6 heteroatoms. The monoisotopic (exact) mass is 342 g/mol. The van der Waals surface area contributed by atoms with Crippen LogP contribution >= 0.6 is 20.1 Å². The van der Waals surface area contributed by atoms with Crippen molar-refractivity contribution in [1.29, 1.82) is 0 Å².